The van der Waals surface area contributed by atoms with Gasteiger partial charge < -0.3 is 5.32 Å². The van der Waals surface area contributed by atoms with E-state index < -0.39 is 0 Å². The molecule has 1 heterocycles. The summed E-state index contributed by atoms with van der Waals surface area (Å²) in [5, 5.41) is 8.19. The maximum Gasteiger partial charge on any atom is 0.0695 e. The van der Waals surface area contributed by atoms with E-state index in [4.69, 9.17) is 0 Å². The van der Waals surface area contributed by atoms with Gasteiger partial charge in [-0.05, 0) is 53.6 Å². The summed E-state index contributed by atoms with van der Waals surface area (Å²) < 4.78 is 3.18. The Morgan fingerprint density at radius 2 is 2.00 bits per heavy atom. The highest BCUT2D eigenvalue weighted by molar-refractivity contribution is 9.10. The number of nitrogens with one attached hydrogen (secondary N) is 1. The molecule has 0 aliphatic heterocycles. The molecule has 1 aromatic rings. The van der Waals surface area contributed by atoms with Crippen LogP contribution in [0.3, 0.4) is 0 Å². The Morgan fingerprint density at radius 3 is 2.52 bits per heavy atom. The Kier molecular flexibility index (Phi) is 6.74. The lowest BCUT2D eigenvalue weighted by Gasteiger charge is -2.34. The van der Waals surface area contributed by atoms with Gasteiger partial charge in [0.1, 0.15) is 0 Å². The van der Waals surface area contributed by atoms with Gasteiger partial charge >= 0.3 is 0 Å². The van der Waals surface area contributed by atoms with Crippen LogP contribution in [0.1, 0.15) is 70.5 Å². The molecule has 4 heteroatoms. The number of hydrogen-bond acceptors (Lipinski definition) is 2. The van der Waals surface area contributed by atoms with E-state index in [0.29, 0.717) is 6.04 Å². The fraction of sp³-hybridized carbons (Fsp3) is 0.824. The van der Waals surface area contributed by atoms with Gasteiger partial charge in [0.2, 0.25) is 0 Å². The predicted molar refractivity (Wildman–Crippen MR) is 92.3 cm³/mol. The summed E-state index contributed by atoms with van der Waals surface area (Å²) in [6, 6.07) is 0.439. The molecular weight excluding hydrogens is 326 g/mol. The molecule has 1 unspecified atom stereocenters. The highest BCUT2D eigenvalue weighted by atomic mass is 79.9. The number of rotatable bonds is 7. The number of hydrogen-bond donors (Lipinski definition) is 1. The number of aromatic nitrogens is 2. The van der Waals surface area contributed by atoms with Gasteiger partial charge in [-0.1, -0.05) is 39.5 Å². The molecule has 3 nitrogen and oxygen atoms in total. The topological polar surface area (TPSA) is 29.9 Å². The van der Waals surface area contributed by atoms with Crippen molar-refractivity contribution in [3.05, 3.63) is 16.4 Å². The molecule has 0 amide bonds. The molecule has 1 aliphatic carbocycles. The van der Waals surface area contributed by atoms with Crippen LogP contribution in [0.15, 0.2) is 10.7 Å². The molecule has 1 fully saturated rings. The molecular formula is C17H30BrN3. The lowest BCUT2D eigenvalue weighted by atomic mass is 9.76. The third-order valence-electron chi connectivity index (χ3n) is 4.91. The van der Waals surface area contributed by atoms with Gasteiger partial charge in [-0.15, -0.1) is 0 Å². The van der Waals surface area contributed by atoms with Crippen LogP contribution in [-0.4, -0.2) is 16.3 Å². The Labute approximate surface area is 138 Å². The van der Waals surface area contributed by atoms with Crippen LogP contribution in [0, 0.1) is 11.8 Å². The van der Waals surface area contributed by atoms with Gasteiger partial charge in [-0.25, -0.2) is 0 Å². The number of nitrogens with zero attached hydrogens (tertiary/aromatic N) is 2. The van der Waals surface area contributed by atoms with Crippen molar-refractivity contribution in [1.82, 2.24) is 15.1 Å². The zero-order valence-electron chi connectivity index (χ0n) is 13.7. The van der Waals surface area contributed by atoms with E-state index in [1.165, 1.54) is 50.6 Å². The third-order valence-corrected chi connectivity index (χ3v) is 5.52. The van der Waals surface area contributed by atoms with Crippen molar-refractivity contribution < 1.29 is 0 Å². The SMILES string of the molecule is CCCNC(c1c(Br)cnn1C)C1CCC(CCC)CC1. The van der Waals surface area contributed by atoms with Crippen LogP contribution < -0.4 is 5.32 Å². The lowest BCUT2D eigenvalue weighted by Crippen LogP contribution is -2.33. The van der Waals surface area contributed by atoms with Gasteiger partial charge in [0.25, 0.3) is 0 Å². The van der Waals surface area contributed by atoms with E-state index >= 15 is 0 Å². The first-order valence-corrected chi connectivity index (χ1v) is 9.37. The molecule has 0 radical (unpaired) electrons. The van der Waals surface area contributed by atoms with Gasteiger partial charge in [0, 0.05) is 7.05 Å². The molecule has 0 aromatic carbocycles. The minimum atomic E-state index is 0.439. The third kappa shape index (κ3) is 4.32. The molecule has 2 rings (SSSR count). The largest absolute Gasteiger partial charge is 0.308 e. The zero-order chi connectivity index (χ0) is 15.2. The maximum absolute atomic E-state index is 4.41. The summed E-state index contributed by atoms with van der Waals surface area (Å²) in [4.78, 5) is 0. The fourth-order valence-electron chi connectivity index (χ4n) is 3.77. The van der Waals surface area contributed by atoms with E-state index in [9.17, 15) is 0 Å². The predicted octanol–water partition coefficient (Wildman–Crippen LogP) is 4.83. The molecule has 1 N–H and O–H groups in total. The average molecular weight is 356 g/mol. The summed E-state index contributed by atoms with van der Waals surface area (Å²) in [5.41, 5.74) is 1.32. The van der Waals surface area contributed by atoms with Crippen molar-refractivity contribution in [3.63, 3.8) is 0 Å². The van der Waals surface area contributed by atoms with E-state index in [1.54, 1.807) is 0 Å². The van der Waals surface area contributed by atoms with E-state index in [1.807, 2.05) is 10.9 Å². The molecule has 1 atom stereocenters. The first-order valence-electron chi connectivity index (χ1n) is 8.58. The minimum Gasteiger partial charge on any atom is -0.308 e. The van der Waals surface area contributed by atoms with Crippen molar-refractivity contribution in [3.8, 4) is 0 Å². The second-order valence-electron chi connectivity index (χ2n) is 6.50. The van der Waals surface area contributed by atoms with E-state index in [0.717, 1.165) is 22.9 Å². The summed E-state index contributed by atoms with van der Waals surface area (Å²) in [7, 11) is 2.06. The fourth-order valence-corrected chi connectivity index (χ4v) is 4.37. The van der Waals surface area contributed by atoms with Crippen LogP contribution in [0.4, 0.5) is 0 Å². The Morgan fingerprint density at radius 1 is 1.29 bits per heavy atom. The van der Waals surface area contributed by atoms with Crippen molar-refractivity contribution in [2.75, 3.05) is 6.54 Å². The van der Waals surface area contributed by atoms with Crippen LogP contribution >= 0.6 is 15.9 Å². The van der Waals surface area contributed by atoms with E-state index in [-0.39, 0.29) is 0 Å². The molecule has 0 bridgehead atoms. The molecule has 0 saturated heterocycles. The second kappa shape index (κ2) is 8.33. The number of aryl methyl sites for hydroxylation is 1. The summed E-state index contributed by atoms with van der Waals surface area (Å²) in [5.74, 6) is 1.71. The van der Waals surface area contributed by atoms with Crippen LogP contribution in [-0.2, 0) is 7.05 Å². The highest BCUT2D eigenvalue weighted by Crippen LogP contribution is 2.39. The second-order valence-corrected chi connectivity index (χ2v) is 7.36. The molecule has 1 aromatic heterocycles. The Bertz CT molecular complexity index is 402. The van der Waals surface area contributed by atoms with Crippen LogP contribution in [0.25, 0.3) is 0 Å². The minimum absolute atomic E-state index is 0.439. The molecule has 21 heavy (non-hydrogen) atoms. The normalized spacial score (nSPS) is 24.2. The maximum atomic E-state index is 4.41. The molecule has 120 valence electrons. The molecule has 1 saturated carbocycles. The summed E-state index contributed by atoms with van der Waals surface area (Å²) >= 11 is 3.69. The van der Waals surface area contributed by atoms with Gasteiger partial charge in [-0.2, -0.15) is 5.10 Å². The lowest BCUT2D eigenvalue weighted by molar-refractivity contribution is 0.209. The highest BCUT2D eigenvalue weighted by Gasteiger charge is 2.30. The van der Waals surface area contributed by atoms with E-state index in [2.05, 4.69) is 47.2 Å². The molecule has 0 spiro atoms. The van der Waals surface area contributed by atoms with Crippen LogP contribution in [0.2, 0.25) is 0 Å². The monoisotopic (exact) mass is 355 g/mol. The first kappa shape index (κ1) is 17.0. The number of halogens is 1. The Balaban J connectivity index is 2.07. The van der Waals surface area contributed by atoms with Crippen LogP contribution in [0.5, 0.6) is 0 Å². The smallest absolute Gasteiger partial charge is 0.0695 e. The summed E-state index contributed by atoms with van der Waals surface area (Å²) in [6.07, 6.45) is 11.4. The van der Waals surface area contributed by atoms with Crippen molar-refractivity contribution in [2.45, 2.75) is 64.8 Å². The van der Waals surface area contributed by atoms with Gasteiger partial charge in [0.15, 0.2) is 0 Å². The van der Waals surface area contributed by atoms with Crippen molar-refractivity contribution in [2.24, 2.45) is 18.9 Å². The zero-order valence-corrected chi connectivity index (χ0v) is 15.3. The quantitative estimate of drug-likeness (QED) is 0.758. The average Bonchev–Trinajstić information content (AvgIpc) is 2.81. The van der Waals surface area contributed by atoms with Gasteiger partial charge in [-0.3, -0.25) is 4.68 Å². The first-order chi connectivity index (χ1) is 10.2. The van der Waals surface area contributed by atoms with Crippen molar-refractivity contribution in [1.29, 1.82) is 0 Å². The summed E-state index contributed by atoms with van der Waals surface area (Å²) in [6.45, 7) is 5.63. The standard InChI is InChI=1S/C17H30BrN3/c1-4-6-13-7-9-14(10-8-13)16(19-11-5-2)17-15(18)12-20-21(17)3/h12-14,16,19H,4-11H2,1-3H3. The van der Waals surface area contributed by atoms with Crippen molar-refractivity contribution >= 4 is 15.9 Å². The molecule has 1 aliphatic rings. The van der Waals surface area contributed by atoms with Gasteiger partial charge in [0.05, 0.1) is 22.4 Å². The Hall–Kier alpha value is -0.350.